The SMILES string of the molecule is Cc1ccc(CN2CCC(C(C)(C)O)CC2)cn1. The van der Waals surface area contributed by atoms with Crippen molar-refractivity contribution >= 4 is 0 Å². The molecule has 0 radical (unpaired) electrons. The number of likely N-dealkylation sites (tertiary alicyclic amines) is 1. The zero-order valence-corrected chi connectivity index (χ0v) is 11.7. The topological polar surface area (TPSA) is 36.4 Å². The highest BCUT2D eigenvalue weighted by molar-refractivity contribution is 5.13. The van der Waals surface area contributed by atoms with E-state index in [2.05, 4.69) is 22.0 Å². The number of hydrogen-bond acceptors (Lipinski definition) is 3. The van der Waals surface area contributed by atoms with Gasteiger partial charge in [-0.05, 0) is 64.3 Å². The van der Waals surface area contributed by atoms with E-state index in [1.54, 1.807) is 0 Å². The summed E-state index contributed by atoms with van der Waals surface area (Å²) in [6.45, 7) is 8.99. The van der Waals surface area contributed by atoms with Crippen LogP contribution in [0.1, 0.15) is 37.9 Å². The minimum atomic E-state index is -0.530. The molecule has 0 atom stereocenters. The maximum absolute atomic E-state index is 10.0. The third-order valence-electron chi connectivity index (χ3n) is 3.97. The number of nitrogens with zero attached hydrogens (tertiary/aromatic N) is 2. The molecule has 1 aromatic heterocycles. The molecule has 0 saturated carbocycles. The molecule has 2 rings (SSSR count). The lowest BCUT2D eigenvalue weighted by molar-refractivity contribution is -0.0136. The molecule has 1 aliphatic heterocycles. The fourth-order valence-corrected chi connectivity index (χ4v) is 2.65. The highest BCUT2D eigenvalue weighted by Crippen LogP contribution is 2.28. The molecule has 0 unspecified atom stereocenters. The van der Waals surface area contributed by atoms with Crippen molar-refractivity contribution in [1.29, 1.82) is 0 Å². The number of pyridine rings is 1. The molecule has 1 aromatic rings. The molecule has 2 heterocycles. The number of aromatic nitrogens is 1. The van der Waals surface area contributed by atoms with Crippen LogP contribution in [0.25, 0.3) is 0 Å². The van der Waals surface area contributed by atoms with Crippen LogP contribution in [-0.2, 0) is 6.54 Å². The van der Waals surface area contributed by atoms with Crippen molar-refractivity contribution in [1.82, 2.24) is 9.88 Å². The Hall–Kier alpha value is -0.930. The van der Waals surface area contributed by atoms with Gasteiger partial charge in [0.15, 0.2) is 0 Å². The largest absolute Gasteiger partial charge is 0.390 e. The van der Waals surface area contributed by atoms with Gasteiger partial charge in [0.1, 0.15) is 0 Å². The molecule has 3 heteroatoms. The van der Waals surface area contributed by atoms with Gasteiger partial charge in [-0.3, -0.25) is 9.88 Å². The lowest BCUT2D eigenvalue weighted by Gasteiger charge is -2.37. The second kappa shape index (κ2) is 5.37. The zero-order valence-electron chi connectivity index (χ0n) is 11.7. The number of aryl methyl sites for hydroxylation is 1. The molecule has 18 heavy (non-hydrogen) atoms. The molecule has 1 N–H and O–H groups in total. The molecule has 1 aliphatic rings. The predicted molar refractivity (Wildman–Crippen MR) is 73.3 cm³/mol. The fourth-order valence-electron chi connectivity index (χ4n) is 2.65. The number of piperidine rings is 1. The molecule has 0 bridgehead atoms. The summed E-state index contributed by atoms with van der Waals surface area (Å²) in [6.07, 6.45) is 4.14. The summed E-state index contributed by atoms with van der Waals surface area (Å²) in [7, 11) is 0. The Morgan fingerprint density at radius 3 is 2.50 bits per heavy atom. The smallest absolute Gasteiger partial charge is 0.0620 e. The van der Waals surface area contributed by atoms with E-state index in [1.807, 2.05) is 27.0 Å². The second-order valence-corrected chi connectivity index (χ2v) is 6.01. The van der Waals surface area contributed by atoms with E-state index in [4.69, 9.17) is 0 Å². The summed E-state index contributed by atoms with van der Waals surface area (Å²) in [4.78, 5) is 6.79. The minimum absolute atomic E-state index is 0.435. The van der Waals surface area contributed by atoms with Crippen LogP contribution in [0.4, 0.5) is 0 Å². The van der Waals surface area contributed by atoms with E-state index in [0.717, 1.165) is 38.2 Å². The van der Waals surface area contributed by atoms with E-state index in [1.165, 1.54) is 5.56 Å². The quantitative estimate of drug-likeness (QED) is 0.892. The monoisotopic (exact) mass is 248 g/mol. The highest BCUT2D eigenvalue weighted by atomic mass is 16.3. The molecule has 0 spiro atoms. The number of rotatable bonds is 3. The van der Waals surface area contributed by atoms with E-state index >= 15 is 0 Å². The average molecular weight is 248 g/mol. The van der Waals surface area contributed by atoms with Gasteiger partial charge in [-0.1, -0.05) is 6.07 Å². The Bertz CT molecular complexity index is 372. The molecule has 1 fully saturated rings. The molecule has 3 nitrogen and oxygen atoms in total. The zero-order chi connectivity index (χ0) is 13.2. The molecular formula is C15H24N2O. The van der Waals surface area contributed by atoms with E-state index < -0.39 is 5.60 Å². The first-order chi connectivity index (χ1) is 8.45. The number of hydrogen-bond donors (Lipinski definition) is 1. The van der Waals surface area contributed by atoms with Gasteiger partial charge in [0, 0.05) is 18.4 Å². The van der Waals surface area contributed by atoms with Gasteiger partial charge in [-0.25, -0.2) is 0 Å². The second-order valence-electron chi connectivity index (χ2n) is 6.01. The van der Waals surface area contributed by atoms with Gasteiger partial charge in [0.2, 0.25) is 0 Å². The first-order valence-corrected chi connectivity index (χ1v) is 6.81. The Balaban J connectivity index is 1.85. The molecule has 100 valence electrons. The van der Waals surface area contributed by atoms with Crippen LogP contribution in [0, 0.1) is 12.8 Å². The van der Waals surface area contributed by atoms with Crippen LogP contribution in [0.5, 0.6) is 0 Å². The third kappa shape index (κ3) is 3.53. The van der Waals surface area contributed by atoms with Crippen molar-refractivity contribution in [3.63, 3.8) is 0 Å². The molecular weight excluding hydrogens is 224 g/mol. The van der Waals surface area contributed by atoms with E-state index in [-0.39, 0.29) is 0 Å². The molecule has 1 saturated heterocycles. The first-order valence-electron chi connectivity index (χ1n) is 6.81. The van der Waals surface area contributed by atoms with Crippen LogP contribution in [0.2, 0.25) is 0 Å². The van der Waals surface area contributed by atoms with Gasteiger partial charge < -0.3 is 5.11 Å². The Kier molecular flexibility index (Phi) is 4.03. The van der Waals surface area contributed by atoms with E-state index in [0.29, 0.717) is 5.92 Å². The van der Waals surface area contributed by atoms with Crippen LogP contribution < -0.4 is 0 Å². The fraction of sp³-hybridized carbons (Fsp3) is 0.667. The van der Waals surface area contributed by atoms with Crippen molar-refractivity contribution in [2.45, 2.75) is 45.8 Å². The maximum atomic E-state index is 10.0. The normalized spacial score (nSPS) is 19.1. The molecule has 0 amide bonds. The van der Waals surface area contributed by atoms with Gasteiger partial charge in [0.25, 0.3) is 0 Å². The molecule has 0 aliphatic carbocycles. The summed E-state index contributed by atoms with van der Waals surface area (Å²) >= 11 is 0. The maximum Gasteiger partial charge on any atom is 0.0620 e. The van der Waals surface area contributed by atoms with Crippen molar-refractivity contribution in [2.75, 3.05) is 13.1 Å². The van der Waals surface area contributed by atoms with Crippen LogP contribution in [0.3, 0.4) is 0 Å². The summed E-state index contributed by atoms with van der Waals surface area (Å²) < 4.78 is 0. The van der Waals surface area contributed by atoms with Crippen LogP contribution >= 0.6 is 0 Å². The van der Waals surface area contributed by atoms with Gasteiger partial charge in [-0.15, -0.1) is 0 Å². The third-order valence-corrected chi connectivity index (χ3v) is 3.97. The Morgan fingerprint density at radius 1 is 1.33 bits per heavy atom. The molecule has 0 aromatic carbocycles. The minimum Gasteiger partial charge on any atom is -0.390 e. The Morgan fingerprint density at radius 2 is 2.00 bits per heavy atom. The number of aliphatic hydroxyl groups is 1. The van der Waals surface area contributed by atoms with Crippen molar-refractivity contribution in [2.24, 2.45) is 5.92 Å². The van der Waals surface area contributed by atoms with Crippen molar-refractivity contribution in [3.05, 3.63) is 29.6 Å². The summed E-state index contributed by atoms with van der Waals surface area (Å²) in [5.74, 6) is 0.435. The summed E-state index contributed by atoms with van der Waals surface area (Å²) in [5, 5.41) is 10.0. The average Bonchev–Trinajstić information content (AvgIpc) is 2.32. The lowest BCUT2D eigenvalue weighted by atomic mass is 9.83. The van der Waals surface area contributed by atoms with Crippen molar-refractivity contribution in [3.8, 4) is 0 Å². The summed E-state index contributed by atoms with van der Waals surface area (Å²) in [6, 6.07) is 4.23. The van der Waals surface area contributed by atoms with Crippen LogP contribution in [-0.4, -0.2) is 33.7 Å². The lowest BCUT2D eigenvalue weighted by Crippen LogP contribution is -2.41. The van der Waals surface area contributed by atoms with Gasteiger partial charge in [-0.2, -0.15) is 0 Å². The summed E-state index contributed by atoms with van der Waals surface area (Å²) in [5.41, 5.74) is 1.82. The van der Waals surface area contributed by atoms with Crippen molar-refractivity contribution < 1.29 is 5.11 Å². The standard InChI is InChI=1S/C15H24N2O/c1-12-4-5-13(10-16-12)11-17-8-6-14(7-9-17)15(2,3)18/h4-5,10,14,18H,6-9,11H2,1-3H3. The van der Waals surface area contributed by atoms with Crippen LogP contribution in [0.15, 0.2) is 18.3 Å². The van der Waals surface area contributed by atoms with Gasteiger partial charge >= 0.3 is 0 Å². The first kappa shape index (κ1) is 13.5. The van der Waals surface area contributed by atoms with E-state index in [9.17, 15) is 5.11 Å². The highest BCUT2D eigenvalue weighted by Gasteiger charge is 2.30. The predicted octanol–water partition coefficient (Wildman–Crippen LogP) is 2.37. The Labute approximate surface area is 110 Å². The van der Waals surface area contributed by atoms with Gasteiger partial charge in [0.05, 0.1) is 5.60 Å².